The van der Waals surface area contributed by atoms with E-state index in [1.54, 1.807) is 0 Å². The molecular formula is C30H54N2OS. The van der Waals surface area contributed by atoms with E-state index in [2.05, 4.69) is 71.0 Å². The molecule has 2 aliphatic carbocycles. The Kier molecular flexibility index (Phi) is 26.1. The minimum absolute atomic E-state index is 1.00. The Morgan fingerprint density at radius 3 is 0.941 bits per heavy atom. The first kappa shape index (κ1) is 31.2. The number of ether oxygens (including phenoxy) is 1. The summed E-state index contributed by atoms with van der Waals surface area (Å²) in [6, 6.07) is 0. The molecule has 0 saturated carbocycles. The summed E-state index contributed by atoms with van der Waals surface area (Å²) < 4.78 is 5.07. The monoisotopic (exact) mass is 490 g/mol. The van der Waals surface area contributed by atoms with Gasteiger partial charge in [0.05, 0.1) is 0 Å². The average molecular weight is 491 g/mol. The Balaban J connectivity index is 0.000000204. The van der Waals surface area contributed by atoms with Gasteiger partial charge in [-0.05, 0) is 108 Å². The number of hydrogen-bond donors (Lipinski definition) is 2. The molecule has 196 valence electrons. The zero-order valence-corrected chi connectivity index (χ0v) is 22.8. The third kappa shape index (κ3) is 25.8. The number of rotatable bonds is 0. The molecule has 34 heavy (non-hydrogen) atoms. The number of thioether (sulfide) groups is 1. The van der Waals surface area contributed by atoms with Crippen molar-refractivity contribution in [1.82, 2.24) is 10.6 Å². The van der Waals surface area contributed by atoms with Crippen LogP contribution < -0.4 is 10.6 Å². The Bertz CT molecular complexity index is 364. The first-order valence-electron chi connectivity index (χ1n) is 14.2. The summed E-state index contributed by atoms with van der Waals surface area (Å²) in [5, 5.41) is 6.57. The normalized spacial score (nSPS) is 22.1. The first-order chi connectivity index (χ1) is 17.0. The number of piperidine rings is 2. The molecular weight excluding hydrogens is 436 g/mol. The molecule has 0 radical (unpaired) electrons. The number of nitrogens with one attached hydrogen (secondary N) is 2. The molecule has 0 spiro atoms. The van der Waals surface area contributed by atoms with Crippen LogP contribution in [0, 0.1) is 0 Å². The van der Waals surface area contributed by atoms with Crippen LogP contribution in [0.2, 0.25) is 0 Å². The Morgan fingerprint density at radius 1 is 0.441 bits per heavy atom. The van der Waals surface area contributed by atoms with Gasteiger partial charge in [0.15, 0.2) is 0 Å². The minimum atomic E-state index is 1.00. The van der Waals surface area contributed by atoms with Crippen LogP contribution in [0.25, 0.3) is 0 Å². The predicted octanol–water partition coefficient (Wildman–Crippen LogP) is 7.62. The van der Waals surface area contributed by atoms with Gasteiger partial charge in [0.2, 0.25) is 0 Å². The maximum atomic E-state index is 5.07. The van der Waals surface area contributed by atoms with Crippen LogP contribution in [0.1, 0.15) is 89.9 Å². The standard InChI is InChI=1S/2C5H11N.C5H10O.C5H10S.2C5H6/c4*1-2-4-6-5-3-1;2*1-2-4-5-3-1/h2*6H,1-5H2;2*1-5H2;2*1-4H,5H2. The fraction of sp³-hybridized carbons (Fsp3) is 0.733. The smallest absolute Gasteiger partial charge is 0.0466 e. The summed E-state index contributed by atoms with van der Waals surface area (Å²) in [6.07, 6.45) is 35.8. The van der Waals surface area contributed by atoms with Crippen molar-refractivity contribution < 1.29 is 4.74 Å². The topological polar surface area (TPSA) is 33.3 Å². The lowest BCUT2D eigenvalue weighted by atomic mass is 10.2. The molecule has 6 aliphatic rings. The van der Waals surface area contributed by atoms with Gasteiger partial charge in [-0.15, -0.1) is 0 Å². The van der Waals surface area contributed by atoms with Gasteiger partial charge in [0, 0.05) is 13.2 Å². The first-order valence-corrected chi connectivity index (χ1v) is 15.4. The van der Waals surface area contributed by atoms with Crippen LogP contribution in [-0.2, 0) is 4.74 Å². The lowest BCUT2D eigenvalue weighted by Gasteiger charge is -2.08. The highest BCUT2D eigenvalue weighted by Gasteiger charge is 1.96. The molecule has 4 aliphatic heterocycles. The van der Waals surface area contributed by atoms with Crippen molar-refractivity contribution in [3.05, 3.63) is 48.6 Å². The van der Waals surface area contributed by atoms with Crippen LogP contribution in [0.5, 0.6) is 0 Å². The highest BCUT2D eigenvalue weighted by Crippen LogP contribution is 2.14. The zero-order valence-electron chi connectivity index (χ0n) is 22.0. The Hall–Kier alpha value is -0.810. The molecule has 3 nitrogen and oxygen atoms in total. The molecule has 0 aromatic rings. The number of hydrogen-bond acceptors (Lipinski definition) is 4. The summed E-state index contributed by atoms with van der Waals surface area (Å²) in [4.78, 5) is 0. The lowest BCUT2D eigenvalue weighted by Crippen LogP contribution is -2.21. The second kappa shape index (κ2) is 28.4. The van der Waals surface area contributed by atoms with Crippen molar-refractivity contribution in [3.63, 3.8) is 0 Å². The summed E-state index contributed by atoms with van der Waals surface area (Å²) >= 11 is 2.09. The third-order valence-electron chi connectivity index (χ3n) is 5.88. The molecule has 4 saturated heterocycles. The van der Waals surface area contributed by atoms with E-state index in [1.165, 1.54) is 115 Å². The third-order valence-corrected chi connectivity index (χ3v) is 7.03. The molecule has 6 rings (SSSR count). The van der Waals surface area contributed by atoms with E-state index in [1.807, 2.05) is 0 Å². The highest BCUT2D eigenvalue weighted by atomic mass is 32.2. The maximum absolute atomic E-state index is 5.07. The molecule has 0 atom stereocenters. The van der Waals surface area contributed by atoms with Crippen molar-refractivity contribution in [2.45, 2.75) is 89.9 Å². The Morgan fingerprint density at radius 2 is 0.824 bits per heavy atom. The van der Waals surface area contributed by atoms with E-state index in [4.69, 9.17) is 4.74 Å². The van der Waals surface area contributed by atoms with Gasteiger partial charge in [0.1, 0.15) is 0 Å². The summed E-state index contributed by atoms with van der Waals surface area (Å²) in [5.41, 5.74) is 0. The van der Waals surface area contributed by atoms with E-state index >= 15 is 0 Å². The van der Waals surface area contributed by atoms with Gasteiger partial charge < -0.3 is 15.4 Å². The van der Waals surface area contributed by atoms with Crippen molar-refractivity contribution in [2.24, 2.45) is 0 Å². The van der Waals surface area contributed by atoms with Crippen LogP contribution in [0.3, 0.4) is 0 Å². The molecule has 4 fully saturated rings. The van der Waals surface area contributed by atoms with E-state index in [0.717, 1.165) is 26.1 Å². The van der Waals surface area contributed by atoms with Crippen LogP contribution in [0.4, 0.5) is 0 Å². The second-order valence-corrected chi connectivity index (χ2v) is 10.4. The van der Waals surface area contributed by atoms with Gasteiger partial charge >= 0.3 is 0 Å². The second-order valence-electron chi connectivity index (χ2n) is 9.15. The molecule has 2 N–H and O–H groups in total. The predicted molar refractivity (Wildman–Crippen MR) is 155 cm³/mol. The number of allylic oxidation sites excluding steroid dienone is 8. The van der Waals surface area contributed by atoms with E-state index in [9.17, 15) is 0 Å². The molecule has 4 heteroatoms. The van der Waals surface area contributed by atoms with Crippen LogP contribution >= 0.6 is 11.8 Å². The molecule has 0 bridgehead atoms. The Labute approximate surface area is 216 Å². The molecule has 0 unspecified atom stereocenters. The van der Waals surface area contributed by atoms with E-state index < -0.39 is 0 Å². The van der Waals surface area contributed by atoms with Gasteiger partial charge in [-0.2, -0.15) is 11.8 Å². The highest BCUT2D eigenvalue weighted by molar-refractivity contribution is 7.99. The van der Waals surface area contributed by atoms with Gasteiger partial charge in [0.25, 0.3) is 0 Å². The van der Waals surface area contributed by atoms with Gasteiger partial charge in [-0.3, -0.25) is 0 Å². The molecule has 4 heterocycles. The molecule has 0 amide bonds. The quantitative estimate of drug-likeness (QED) is 0.366. The lowest BCUT2D eigenvalue weighted by molar-refractivity contribution is 0.0968. The average Bonchev–Trinajstić information content (AvgIpc) is 3.74. The van der Waals surface area contributed by atoms with Crippen molar-refractivity contribution in [1.29, 1.82) is 0 Å². The largest absolute Gasteiger partial charge is 0.381 e. The van der Waals surface area contributed by atoms with Gasteiger partial charge in [-0.25, -0.2) is 0 Å². The fourth-order valence-electron chi connectivity index (χ4n) is 3.76. The van der Waals surface area contributed by atoms with Crippen LogP contribution in [-0.4, -0.2) is 50.9 Å². The van der Waals surface area contributed by atoms with E-state index in [0.29, 0.717) is 0 Å². The van der Waals surface area contributed by atoms with Crippen molar-refractivity contribution in [2.75, 3.05) is 50.9 Å². The van der Waals surface area contributed by atoms with Crippen LogP contribution in [0.15, 0.2) is 48.6 Å². The summed E-state index contributed by atoms with van der Waals surface area (Å²) in [5.74, 6) is 2.83. The fourth-order valence-corrected chi connectivity index (χ4v) is 4.78. The van der Waals surface area contributed by atoms with Crippen molar-refractivity contribution in [3.8, 4) is 0 Å². The summed E-state index contributed by atoms with van der Waals surface area (Å²) in [7, 11) is 0. The SMILES string of the molecule is C1=CCC=C1.C1=CCC=C1.C1CCNCC1.C1CCNCC1.C1CCOCC1.C1CCSCC1. The van der Waals surface area contributed by atoms with E-state index in [-0.39, 0.29) is 0 Å². The minimum Gasteiger partial charge on any atom is -0.381 e. The zero-order chi connectivity index (χ0) is 24.0. The van der Waals surface area contributed by atoms with Crippen molar-refractivity contribution >= 4 is 11.8 Å². The maximum Gasteiger partial charge on any atom is 0.0466 e. The molecule has 0 aromatic heterocycles. The van der Waals surface area contributed by atoms with Gasteiger partial charge in [-0.1, -0.05) is 67.9 Å². The molecule has 0 aromatic carbocycles. The summed E-state index contributed by atoms with van der Waals surface area (Å²) in [6.45, 7) is 7.00.